The molecule has 1 saturated carbocycles. The number of imide groups is 2. The van der Waals surface area contributed by atoms with E-state index in [1.807, 2.05) is 6.92 Å². The fourth-order valence-corrected chi connectivity index (χ4v) is 3.43. The summed E-state index contributed by atoms with van der Waals surface area (Å²) in [5, 5.41) is 0. The van der Waals surface area contributed by atoms with Crippen LogP contribution in [0.1, 0.15) is 32.6 Å². The van der Waals surface area contributed by atoms with Crippen LogP contribution in [0.5, 0.6) is 0 Å². The van der Waals surface area contributed by atoms with Crippen molar-refractivity contribution in [2.24, 2.45) is 0 Å². The molecule has 1 aliphatic carbocycles. The predicted molar refractivity (Wildman–Crippen MR) is 78.2 cm³/mol. The van der Waals surface area contributed by atoms with E-state index in [0.717, 1.165) is 35.5 Å². The van der Waals surface area contributed by atoms with Crippen LogP contribution < -0.4 is 0 Å². The van der Waals surface area contributed by atoms with Crippen LogP contribution >= 0.6 is 0 Å². The average molecular weight is 323 g/mol. The Morgan fingerprint density at radius 2 is 1.87 bits per heavy atom. The summed E-state index contributed by atoms with van der Waals surface area (Å²) in [6.45, 7) is 2.77. The van der Waals surface area contributed by atoms with E-state index < -0.39 is 17.8 Å². The first-order valence-electron chi connectivity index (χ1n) is 8.07. The van der Waals surface area contributed by atoms with Gasteiger partial charge >= 0.3 is 17.8 Å². The van der Waals surface area contributed by atoms with Gasteiger partial charge in [-0.3, -0.25) is 19.3 Å². The third-order valence-electron chi connectivity index (χ3n) is 4.66. The van der Waals surface area contributed by atoms with Crippen molar-refractivity contribution in [2.45, 2.75) is 44.8 Å². The van der Waals surface area contributed by atoms with Crippen molar-refractivity contribution in [3.63, 3.8) is 0 Å². The van der Waals surface area contributed by atoms with Crippen molar-refractivity contribution in [2.75, 3.05) is 26.2 Å². The second kappa shape index (κ2) is 6.27. The Hall–Kier alpha value is -1.96. The first kappa shape index (κ1) is 15.9. The number of urea groups is 1. The number of hydrogen-bond donors (Lipinski definition) is 0. The summed E-state index contributed by atoms with van der Waals surface area (Å²) in [6, 6.07) is -0.857. The van der Waals surface area contributed by atoms with Gasteiger partial charge in [-0.1, -0.05) is 12.8 Å². The van der Waals surface area contributed by atoms with Crippen molar-refractivity contribution in [3.05, 3.63) is 0 Å². The first-order chi connectivity index (χ1) is 11.0. The molecule has 2 heterocycles. The SMILES string of the molecule is CC1CN(C(=O)CN2C(=O)C(=O)N(C3CCCC3)C2=O)CCO1. The van der Waals surface area contributed by atoms with Gasteiger partial charge in [-0.15, -0.1) is 0 Å². The summed E-state index contributed by atoms with van der Waals surface area (Å²) < 4.78 is 5.37. The van der Waals surface area contributed by atoms with Gasteiger partial charge in [-0.2, -0.15) is 0 Å². The number of ether oxygens (including phenoxy) is 1. The molecule has 0 aromatic heterocycles. The van der Waals surface area contributed by atoms with Gasteiger partial charge in [-0.05, 0) is 19.8 Å². The van der Waals surface area contributed by atoms with Crippen molar-refractivity contribution < 1.29 is 23.9 Å². The largest absolute Gasteiger partial charge is 0.375 e. The maximum atomic E-state index is 12.4. The molecule has 0 spiro atoms. The number of nitrogens with zero attached hydrogens (tertiary/aromatic N) is 3. The molecule has 23 heavy (non-hydrogen) atoms. The van der Waals surface area contributed by atoms with Crippen molar-refractivity contribution >= 4 is 23.8 Å². The molecule has 5 amide bonds. The highest BCUT2D eigenvalue weighted by Crippen LogP contribution is 2.27. The number of hydrogen-bond acceptors (Lipinski definition) is 5. The van der Waals surface area contributed by atoms with Crippen LogP contribution in [0.2, 0.25) is 0 Å². The minimum Gasteiger partial charge on any atom is -0.375 e. The second-order valence-corrected chi connectivity index (χ2v) is 6.31. The third-order valence-corrected chi connectivity index (χ3v) is 4.66. The summed E-state index contributed by atoms with van der Waals surface area (Å²) in [5.74, 6) is -2.02. The Labute approximate surface area is 134 Å². The van der Waals surface area contributed by atoms with Crippen molar-refractivity contribution in [3.8, 4) is 0 Å². The van der Waals surface area contributed by atoms with Crippen LogP contribution in [0, 0.1) is 0 Å². The van der Waals surface area contributed by atoms with Crippen molar-refractivity contribution in [1.82, 2.24) is 14.7 Å². The molecule has 2 aliphatic heterocycles. The van der Waals surface area contributed by atoms with Gasteiger partial charge in [0.15, 0.2) is 0 Å². The number of carbonyl (C=O) groups excluding carboxylic acids is 4. The Morgan fingerprint density at radius 1 is 1.17 bits per heavy atom. The zero-order valence-electron chi connectivity index (χ0n) is 13.2. The molecule has 0 radical (unpaired) electrons. The summed E-state index contributed by atoms with van der Waals surface area (Å²) in [7, 11) is 0. The van der Waals surface area contributed by atoms with Gasteiger partial charge in [0.25, 0.3) is 0 Å². The fraction of sp³-hybridized carbons (Fsp3) is 0.733. The highest BCUT2D eigenvalue weighted by molar-refractivity contribution is 6.45. The molecular weight excluding hydrogens is 302 g/mol. The normalized spacial score (nSPS) is 26.6. The van der Waals surface area contributed by atoms with Crippen LogP contribution in [0.3, 0.4) is 0 Å². The van der Waals surface area contributed by atoms with Crippen LogP contribution in [0.25, 0.3) is 0 Å². The molecular formula is C15H21N3O5. The maximum Gasteiger partial charge on any atom is 0.334 e. The highest BCUT2D eigenvalue weighted by atomic mass is 16.5. The Bertz CT molecular complexity index is 543. The smallest absolute Gasteiger partial charge is 0.334 e. The van der Waals surface area contributed by atoms with E-state index in [9.17, 15) is 19.2 Å². The predicted octanol–water partition coefficient (Wildman–Crippen LogP) is -0.0329. The molecule has 126 valence electrons. The molecule has 1 unspecified atom stereocenters. The van der Waals surface area contributed by atoms with E-state index in [4.69, 9.17) is 4.74 Å². The molecule has 0 N–H and O–H groups in total. The maximum absolute atomic E-state index is 12.4. The van der Waals surface area contributed by atoms with E-state index in [1.54, 1.807) is 4.90 Å². The minimum atomic E-state index is -0.892. The van der Waals surface area contributed by atoms with Crippen LogP contribution in [0.4, 0.5) is 4.79 Å². The molecule has 0 aromatic carbocycles. The fourth-order valence-electron chi connectivity index (χ4n) is 3.43. The van der Waals surface area contributed by atoms with Gasteiger partial charge in [-0.25, -0.2) is 9.69 Å². The summed E-state index contributed by atoms with van der Waals surface area (Å²) in [6.07, 6.45) is 3.27. The second-order valence-electron chi connectivity index (χ2n) is 6.31. The molecule has 3 rings (SSSR count). The summed E-state index contributed by atoms with van der Waals surface area (Å²) >= 11 is 0. The van der Waals surface area contributed by atoms with E-state index >= 15 is 0 Å². The summed E-state index contributed by atoms with van der Waals surface area (Å²) in [5.41, 5.74) is 0. The number of amides is 5. The Balaban J connectivity index is 1.67. The zero-order chi connectivity index (χ0) is 16.6. The van der Waals surface area contributed by atoms with Gasteiger partial charge < -0.3 is 9.64 Å². The number of rotatable bonds is 3. The van der Waals surface area contributed by atoms with E-state index in [0.29, 0.717) is 19.7 Å². The average Bonchev–Trinajstić information content (AvgIpc) is 3.11. The van der Waals surface area contributed by atoms with Crippen LogP contribution in [0.15, 0.2) is 0 Å². The quantitative estimate of drug-likeness (QED) is 0.537. The molecule has 8 heteroatoms. The Kier molecular flexibility index (Phi) is 4.34. The number of carbonyl (C=O) groups is 4. The van der Waals surface area contributed by atoms with Gasteiger partial charge in [0.1, 0.15) is 6.54 Å². The monoisotopic (exact) mass is 323 g/mol. The first-order valence-corrected chi connectivity index (χ1v) is 8.07. The topological polar surface area (TPSA) is 87.2 Å². The molecule has 0 aromatic rings. The van der Waals surface area contributed by atoms with Crippen LogP contribution in [-0.2, 0) is 19.1 Å². The molecule has 2 saturated heterocycles. The molecule has 8 nitrogen and oxygen atoms in total. The van der Waals surface area contributed by atoms with Gasteiger partial charge in [0.2, 0.25) is 5.91 Å². The van der Waals surface area contributed by atoms with Crippen LogP contribution in [-0.4, -0.2) is 76.8 Å². The van der Waals surface area contributed by atoms with E-state index in [1.165, 1.54) is 0 Å². The van der Waals surface area contributed by atoms with E-state index in [-0.39, 0.29) is 24.6 Å². The Morgan fingerprint density at radius 3 is 2.52 bits per heavy atom. The lowest BCUT2D eigenvalue weighted by Gasteiger charge is -2.32. The van der Waals surface area contributed by atoms with Gasteiger partial charge in [0, 0.05) is 19.1 Å². The highest BCUT2D eigenvalue weighted by Gasteiger charge is 2.48. The lowest BCUT2D eigenvalue weighted by molar-refractivity contribution is -0.146. The lowest BCUT2D eigenvalue weighted by atomic mass is 10.2. The van der Waals surface area contributed by atoms with E-state index in [2.05, 4.69) is 0 Å². The summed E-state index contributed by atoms with van der Waals surface area (Å²) in [4.78, 5) is 52.3. The number of morpholine rings is 1. The molecule has 3 aliphatic rings. The molecule has 0 bridgehead atoms. The minimum absolute atomic E-state index is 0.0747. The standard InChI is InChI=1S/C15H21N3O5/c1-10-8-16(6-7-23-10)12(19)9-17-13(20)14(21)18(15(17)22)11-4-2-3-5-11/h10-11H,2-9H2,1H3. The van der Waals surface area contributed by atoms with Gasteiger partial charge in [0.05, 0.1) is 12.7 Å². The molecule has 3 fully saturated rings. The third kappa shape index (κ3) is 2.95. The zero-order valence-corrected chi connectivity index (χ0v) is 13.2. The van der Waals surface area contributed by atoms with Crippen molar-refractivity contribution in [1.29, 1.82) is 0 Å². The molecule has 1 atom stereocenters. The lowest BCUT2D eigenvalue weighted by Crippen LogP contribution is -2.49.